The van der Waals surface area contributed by atoms with Crippen LogP contribution in [0.3, 0.4) is 0 Å². The average molecular weight is 397 g/mol. The van der Waals surface area contributed by atoms with Crippen LogP contribution in [0, 0.1) is 0 Å². The van der Waals surface area contributed by atoms with E-state index >= 15 is 0 Å². The Hall–Kier alpha value is -2.51. The summed E-state index contributed by atoms with van der Waals surface area (Å²) < 4.78 is 0. The van der Waals surface area contributed by atoms with Gasteiger partial charge in [0.15, 0.2) is 0 Å². The first-order chi connectivity index (χ1) is 13.6. The molecule has 1 fully saturated rings. The van der Waals surface area contributed by atoms with Crippen molar-refractivity contribution in [1.29, 1.82) is 0 Å². The van der Waals surface area contributed by atoms with E-state index in [0.717, 1.165) is 49.0 Å². The lowest BCUT2D eigenvalue weighted by molar-refractivity contribution is -0.113. The Kier molecular flexibility index (Phi) is 5.54. The Balaban J connectivity index is 1.51. The Labute approximate surface area is 169 Å². The molecule has 0 unspecified atom stereocenters. The number of likely N-dealkylation sites (N-methyl/N-ethyl adjacent to an activating group) is 1. The van der Waals surface area contributed by atoms with E-state index in [1.807, 2.05) is 24.3 Å². The molecule has 146 valence electrons. The van der Waals surface area contributed by atoms with Crippen molar-refractivity contribution in [1.82, 2.24) is 4.90 Å². The Morgan fingerprint density at radius 2 is 1.93 bits per heavy atom. The summed E-state index contributed by atoms with van der Waals surface area (Å²) in [6.07, 6.45) is 0. The quantitative estimate of drug-likeness (QED) is 0.831. The number of rotatable bonds is 4. The van der Waals surface area contributed by atoms with Crippen LogP contribution >= 0.6 is 11.8 Å². The maximum Gasteiger partial charge on any atom is 0.255 e. The van der Waals surface area contributed by atoms with Gasteiger partial charge in [-0.25, -0.2) is 0 Å². The number of para-hydroxylation sites is 2. The Morgan fingerprint density at radius 1 is 1.14 bits per heavy atom. The zero-order chi connectivity index (χ0) is 19.5. The number of benzene rings is 2. The predicted octanol–water partition coefficient (Wildman–Crippen LogP) is 3.13. The number of hydrogen-bond donors (Lipinski definition) is 2. The van der Waals surface area contributed by atoms with Crippen LogP contribution in [0.2, 0.25) is 0 Å². The summed E-state index contributed by atoms with van der Waals surface area (Å²) in [6.45, 7) is 7.20. The lowest BCUT2D eigenvalue weighted by atomic mass is 10.1. The van der Waals surface area contributed by atoms with E-state index in [1.54, 1.807) is 12.1 Å². The lowest BCUT2D eigenvalue weighted by Gasteiger charge is -2.36. The molecule has 0 saturated carbocycles. The normalized spacial score (nSPS) is 17.0. The highest BCUT2D eigenvalue weighted by Gasteiger charge is 2.20. The van der Waals surface area contributed by atoms with Gasteiger partial charge >= 0.3 is 0 Å². The monoisotopic (exact) mass is 396 g/mol. The highest BCUT2D eigenvalue weighted by molar-refractivity contribution is 8.00. The molecule has 2 aromatic rings. The molecule has 2 N–H and O–H groups in total. The lowest BCUT2D eigenvalue weighted by Crippen LogP contribution is -2.46. The number of fused-ring (bicyclic) bond motifs is 1. The number of nitrogens with zero attached hydrogens (tertiary/aromatic N) is 2. The molecule has 0 aromatic heterocycles. The number of amides is 2. The van der Waals surface area contributed by atoms with Crippen LogP contribution in [0.15, 0.2) is 47.4 Å². The number of hydrogen-bond acceptors (Lipinski definition) is 5. The van der Waals surface area contributed by atoms with Gasteiger partial charge in [0, 0.05) is 36.6 Å². The topological polar surface area (TPSA) is 64.7 Å². The van der Waals surface area contributed by atoms with Gasteiger partial charge in [-0.1, -0.05) is 19.1 Å². The number of carbonyl (C=O) groups is 2. The first kappa shape index (κ1) is 18.8. The van der Waals surface area contributed by atoms with Gasteiger partial charge < -0.3 is 20.4 Å². The molecular formula is C21H24N4O2S. The molecular weight excluding hydrogens is 372 g/mol. The summed E-state index contributed by atoms with van der Waals surface area (Å²) in [7, 11) is 0. The molecule has 7 heteroatoms. The van der Waals surface area contributed by atoms with Gasteiger partial charge in [-0.15, -0.1) is 11.8 Å². The van der Waals surface area contributed by atoms with Crippen LogP contribution in [0.5, 0.6) is 0 Å². The van der Waals surface area contributed by atoms with E-state index < -0.39 is 0 Å². The molecule has 2 aliphatic heterocycles. The van der Waals surface area contributed by atoms with Crippen LogP contribution < -0.4 is 15.5 Å². The first-order valence-corrected chi connectivity index (χ1v) is 10.6. The van der Waals surface area contributed by atoms with Crippen LogP contribution in [0.1, 0.15) is 17.3 Å². The van der Waals surface area contributed by atoms with Crippen molar-refractivity contribution >= 4 is 40.6 Å². The van der Waals surface area contributed by atoms with Crippen LogP contribution in [0.4, 0.5) is 17.1 Å². The summed E-state index contributed by atoms with van der Waals surface area (Å²) in [5.41, 5.74) is 3.10. The molecule has 2 heterocycles. The average Bonchev–Trinajstić information content (AvgIpc) is 2.73. The van der Waals surface area contributed by atoms with E-state index in [0.29, 0.717) is 17.0 Å². The van der Waals surface area contributed by atoms with Gasteiger partial charge in [-0.05, 0) is 36.9 Å². The van der Waals surface area contributed by atoms with Crippen molar-refractivity contribution in [3.05, 3.63) is 48.0 Å². The van der Waals surface area contributed by atoms with Crippen molar-refractivity contribution < 1.29 is 9.59 Å². The van der Waals surface area contributed by atoms with Gasteiger partial charge in [0.2, 0.25) is 5.91 Å². The smallest absolute Gasteiger partial charge is 0.255 e. The molecule has 2 aromatic carbocycles. The largest absolute Gasteiger partial charge is 0.367 e. The molecule has 6 nitrogen and oxygen atoms in total. The van der Waals surface area contributed by atoms with E-state index in [1.165, 1.54) is 11.8 Å². The second kappa shape index (κ2) is 8.24. The molecule has 0 spiro atoms. The molecule has 0 aliphatic carbocycles. The van der Waals surface area contributed by atoms with E-state index in [4.69, 9.17) is 0 Å². The third kappa shape index (κ3) is 4.00. The van der Waals surface area contributed by atoms with Crippen molar-refractivity contribution in [2.75, 3.05) is 54.0 Å². The van der Waals surface area contributed by atoms with Crippen molar-refractivity contribution in [2.24, 2.45) is 0 Å². The van der Waals surface area contributed by atoms with Crippen molar-refractivity contribution in [2.45, 2.75) is 11.8 Å². The maximum absolute atomic E-state index is 12.9. The summed E-state index contributed by atoms with van der Waals surface area (Å²) in [4.78, 5) is 30.2. The zero-order valence-corrected chi connectivity index (χ0v) is 16.7. The maximum atomic E-state index is 12.9. The van der Waals surface area contributed by atoms with Gasteiger partial charge in [0.1, 0.15) is 0 Å². The fraction of sp³-hybridized carbons (Fsp3) is 0.333. The fourth-order valence-corrected chi connectivity index (χ4v) is 4.37. The van der Waals surface area contributed by atoms with Crippen LogP contribution in [-0.2, 0) is 4.79 Å². The van der Waals surface area contributed by atoms with E-state index in [-0.39, 0.29) is 11.8 Å². The predicted molar refractivity (Wildman–Crippen MR) is 115 cm³/mol. The third-order valence-corrected chi connectivity index (χ3v) is 6.26. The van der Waals surface area contributed by atoms with Crippen molar-refractivity contribution in [3.63, 3.8) is 0 Å². The highest BCUT2D eigenvalue weighted by Crippen LogP contribution is 2.33. The molecule has 0 radical (unpaired) electrons. The molecule has 4 rings (SSSR count). The SMILES string of the molecule is CCN1CCN(c2ccccc2NC(=O)c2ccc3c(c2)NC(=O)CS3)CC1. The number of carbonyl (C=O) groups excluding carboxylic acids is 2. The molecule has 2 aliphatic rings. The summed E-state index contributed by atoms with van der Waals surface area (Å²) >= 11 is 1.49. The minimum absolute atomic E-state index is 0.0355. The van der Waals surface area contributed by atoms with Crippen LogP contribution in [-0.4, -0.2) is 55.2 Å². The number of thioether (sulfide) groups is 1. The number of anilines is 3. The first-order valence-electron chi connectivity index (χ1n) is 9.58. The highest BCUT2D eigenvalue weighted by atomic mass is 32.2. The van der Waals surface area contributed by atoms with E-state index in [2.05, 4.69) is 33.4 Å². The molecule has 2 amide bonds. The van der Waals surface area contributed by atoms with Crippen LogP contribution in [0.25, 0.3) is 0 Å². The Morgan fingerprint density at radius 3 is 2.71 bits per heavy atom. The third-order valence-electron chi connectivity index (χ3n) is 5.19. The molecule has 1 saturated heterocycles. The van der Waals surface area contributed by atoms with Gasteiger partial charge in [-0.2, -0.15) is 0 Å². The minimum atomic E-state index is -0.174. The minimum Gasteiger partial charge on any atom is -0.367 e. The Bertz CT molecular complexity index is 894. The van der Waals surface area contributed by atoms with Gasteiger partial charge in [0.05, 0.1) is 22.8 Å². The number of nitrogens with one attached hydrogen (secondary N) is 2. The number of piperazine rings is 1. The second-order valence-electron chi connectivity index (χ2n) is 6.94. The van der Waals surface area contributed by atoms with Gasteiger partial charge in [0.25, 0.3) is 5.91 Å². The molecule has 0 atom stereocenters. The summed E-state index contributed by atoms with van der Waals surface area (Å²) in [6, 6.07) is 13.4. The molecule has 28 heavy (non-hydrogen) atoms. The van der Waals surface area contributed by atoms with Gasteiger partial charge in [-0.3, -0.25) is 9.59 Å². The fourth-order valence-electron chi connectivity index (χ4n) is 3.58. The molecule has 0 bridgehead atoms. The zero-order valence-electron chi connectivity index (χ0n) is 15.9. The van der Waals surface area contributed by atoms with Crippen molar-refractivity contribution in [3.8, 4) is 0 Å². The summed E-state index contributed by atoms with van der Waals surface area (Å²) in [5.74, 6) is 0.205. The summed E-state index contributed by atoms with van der Waals surface area (Å²) in [5, 5.41) is 5.89. The van der Waals surface area contributed by atoms with E-state index in [9.17, 15) is 9.59 Å². The standard InChI is InChI=1S/C21H24N4O2S/c1-2-24-9-11-25(12-10-24)18-6-4-3-5-16(18)23-21(27)15-7-8-19-17(13-15)22-20(26)14-28-19/h3-8,13H,2,9-12,14H2,1H3,(H,22,26)(H,23,27). The second-order valence-corrected chi connectivity index (χ2v) is 7.96.